The van der Waals surface area contributed by atoms with Crippen LogP contribution in [0.3, 0.4) is 0 Å². The smallest absolute Gasteiger partial charge is 0.208 e. The third kappa shape index (κ3) is 2.18. The molecule has 2 heterocycles. The van der Waals surface area contributed by atoms with Crippen LogP contribution in [-0.2, 0) is 0 Å². The van der Waals surface area contributed by atoms with E-state index in [0.717, 1.165) is 21.6 Å². The van der Waals surface area contributed by atoms with Crippen molar-refractivity contribution in [2.45, 2.75) is 19.0 Å². The van der Waals surface area contributed by atoms with Gasteiger partial charge in [0.25, 0.3) is 0 Å². The summed E-state index contributed by atoms with van der Waals surface area (Å²) in [6, 6.07) is 17.2. The fourth-order valence-corrected chi connectivity index (χ4v) is 4.93. The summed E-state index contributed by atoms with van der Waals surface area (Å²) in [6.07, 6.45) is 4.09. The minimum atomic E-state index is -1.15. The number of halogens is 2. The Balaban J connectivity index is 1.93. The summed E-state index contributed by atoms with van der Waals surface area (Å²) in [4.78, 5) is 1.05. The van der Waals surface area contributed by atoms with Crippen LogP contribution in [0.4, 0.5) is 4.39 Å². The standard InChI is InChI=1S/C21H15BrFN3/c1-13-19(15-6-7-18(23)17(22)10-15)26-9-8-14-4-2-3-5-16(14)20(26)21(13,11-24)12-25/h2-10,13,19-20H,1H3/p+1. The van der Waals surface area contributed by atoms with Crippen molar-refractivity contribution < 1.29 is 9.29 Å². The second-order valence-electron chi connectivity index (χ2n) is 6.93. The first-order valence-electron chi connectivity index (χ1n) is 8.44. The quantitative estimate of drug-likeness (QED) is 0.776. The average Bonchev–Trinajstić information content (AvgIpc) is 2.92. The maximum absolute atomic E-state index is 13.7. The lowest BCUT2D eigenvalue weighted by molar-refractivity contribution is -0.902. The summed E-state index contributed by atoms with van der Waals surface area (Å²) in [6.45, 7) is 1.95. The molecule has 2 aliphatic heterocycles. The van der Waals surface area contributed by atoms with Crippen molar-refractivity contribution in [2.75, 3.05) is 0 Å². The highest BCUT2D eigenvalue weighted by Crippen LogP contribution is 2.50. The largest absolute Gasteiger partial charge is 0.294 e. The lowest BCUT2D eigenvalue weighted by Gasteiger charge is -2.30. The van der Waals surface area contributed by atoms with E-state index in [2.05, 4.69) is 28.1 Å². The first-order valence-corrected chi connectivity index (χ1v) is 9.24. The van der Waals surface area contributed by atoms with Crippen molar-refractivity contribution in [1.82, 2.24) is 0 Å². The Hall–Kier alpha value is -2.47. The number of hydrogen-bond acceptors (Lipinski definition) is 2. The summed E-state index contributed by atoms with van der Waals surface area (Å²) < 4.78 is 14.1. The van der Waals surface area contributed by atoms with E-state index in [4.69, 9.17) is 0 Å². The van der Waals surface area contributed by atoms with Gasteiger partial charge >= 0.3 is 0 Å². The highest BCUT2D eigenvalue weighted by Gasteiger charge is 2.64. The molecule has 26 heavy (non-hydrogen) atoms. The predicted molar refractivity (Wildman–Crippen MR) is 98.8 cm³/mol. The van der Waals surface area contributed by atoms with Crippen molar-refractivity contribution in [3.63, 3.8) is 0 Å². The van der Waals surface area contributed by atoms with Crippen LogP contribution in [-0.4, -0.2) is 0 Å². The van der Waals surface area contributed by atoms with Crippen LogP contribution in [0.1, 0.15) is 35.7 Å². The molecule has 0 aromatic heterocycles. The predicted octanol–water partition coefficient (Wildman–Crippen LogP) is 3.92. The first kappa shape index (κ1) is 17.0. The van der Waals surface area contributed by atoms with Gasteiger partial charge in [-0.1, -0.05) is 37.3 Å². The Bertz CT molecular complexity index is 987. The Morgan fingerprint density at radius 3 is 2.58 bits per heavy atom. The monoisotopic (exact) mass is 408 g/mol. The normalized spacial score (nSPS) is 27.9. The molecule has 0 amide bonds. The maximum atomic E-state index is 13.7. The molecule has 2 aromatic rings. The molecule has 1 N–H and O–H groups in total. The third-order valence-electron chi connectivity index (χ3n) is 5.80. The molecule has 4 unspecified atom stereocenters. The molecule has 128 valence electrons. The fraction of sp³-hybridized carbons (Fsp3) is 0.238. The molecule has 5 heteroatoms. The van der Waals surface area contributed by atoms with Crippen molar-refractivity contribution in [1.29, 1.82) is 10.5 Å². The summed E-state index contributed by atoms with van der Waals surface area (Å²) in [5, 5.41) is 20.1. The Labute approximate surface area is 160 Å². The van der Waals surface area contributed by atoms with Crippen LogP contribution in [0.2, 0.25) is 0 Å². The molecule has 4 atom stereocenters. The van der Waals surface area contributed by atoms with Crippen LogP contribution in [0, 0.1) is 39.8 Å². The zero-order valence-corrected chi connectivity index (χ0v) is 15.7. The lowest BCUT2D eigenvalue weighted by Crippen LogP contribution is -3.07. The number of nitriles is 2. The topological polar surface area (TPSA) is 52.0 Å². The second-order valence-corrected chi connectivity index (χ2v) is 7.78. The van der Waals surface area contributed by atoms with Gasteiger partial charge in [0.15, 0.2) is 6.04 Å². The zero-order valence-electron chi connectivity index (χ0n) is 14.1. The molecule has 2 aliphatic rings. The molecular formula is C21H16BrFN3+. The molecule has 1 fully saturated rings. The molecule has 0 spiro atoms. The maximum Gasteiger partial charge on any atom is 0.208 e. The highest BCUT2D eigenvalue weighted by molar-refractivity contribution is 9.10. The van der Waals surface area contributed by atoms with Crippen LogP contribution >= 0.6 is 15.9 Å². The number of hydrogen-bond donors (Lipinski definition) is 1. The van der Waals surface area contributed by atoms with Crippen LogP contribution in [0.15, 0.2) is 53.1 Å². The number of benzene rings is 2. The minimum Gasteiger partial charge on any atom is -0.294 e. The molecule has 2 aromatic carbocycles. The van der Waals surface area contributed by atoms with Crippen LogP contribution in [0.5, 0.6) is 0 Å². The number of quaternary nitrogens is 1. The van der Waals surface area contributed by atoms with Gasteiger partial charge in [-0.25, -0.2) is 4.39 Å². The van der Waals surface area contributed by atoms with E-state index in [-0.39, 0.29) is 23.8 Å². The lowest BCUT2D eigenvalue weighted by atomic mass is 9.71. The van der Waals surface area contributed by atoms with Gasteiger partial charge in [-0.3, -0.25) is 4.90 Å². The van der Waals surface area contributed by atoms with Crippen molar-refractivity contribution >= 4 is 22.0 Å². The summed E-state index contributed by atoms with van der Waals surface area (Å²) in [5.74, 6) is -0.539. The molecule has 4 rings (SSSR count). The molecular weight excluding hydrogens is 393 g/mol. The number of nitrogens with zero attached hydrogens (tertiary/aromatic N) is 2. The van der Waals surface area contributed by atoms with Gasteiger partial charge in [0, 0.05) is 11.1 Å². The van der Waals surface area contributed by atoms with E-state index in [0.29, 0.717) is 4.47 Å². The SMILES string of the molecule is CC1C(c2ccc(F)c(Br)c2)[NH+]2C=Cc3ccccc3C2C1(C#N)C#N. The summed E-state index contributed by atoms with van der Waals surface area (Å²) in [7, 11) is 0. The zero-order chi connectivity index (χ0) is 18.5. The van der Waals surface area contributed by atoms with Gasteiger partial charge in [-0.2, -0.15) is 10.5 Å². The number of fused-ring (bicyclic) bond motifs is 3. The number of rotatable bonds is 1. The van der Waals surface area contributed by atoms with Crippen molar-refractivity contribution in [3.05, 3.63) is 75.6 Å². The van der Waals surface area contributed by atoms with Gasteiger partial charge in [0.05, 0.1) is 28.7 Å². The Kier molecular flexibility index (Phi) is 3.95. The van der Waals surface area contributed by atoms with Crippen molar-refractivity contribution in [3.8, 4) is 12.1 Å². The fourth-order valence-electron chi connectivity index (χ4n) is 4.54. The Morgan fingerprint density at radius 2 is 1.88 bits per heavy atom. The van der Waals surface area contributed by atoms with Gasteiger partial charge in [-0.05, 0) is 39.7 Å². The van der Waals surface area contributed by atoms with Gasteiger partial charge in [-0.15, -0.1) is 0 Å². The number of nitrogens with one attached hydrogen (secondary N) is 1. The van der Waals surface area contributed by atoms with Gasteiger partial charge < -0.3 is 0 Å². The van der Waals surface area contributed by atoms with Gasteiger partial charge in [0.2, 0.25) is 5.41 Å². The van der Waals surface area contributed by atoms with Gasteiger partial charge in [0.1, 0.15) is 11.9 Å². The third-order valence-corrected chi connectivity index (χ3v) is 6.41. The molecule has 1 saturated heterocycles. The van der Waals surface area contributed by atoms with E-state index in [1.54, 1.807) is 12.1 Å². The molecule has 0 aliphatic carbocycles. The van der Waals surface area contributed by atoms with E-state index >= 15 is 0 Å². The molecule has 0 radical (unpaired) electrons. The van der Waals surface area contributed by atoms with E-state index in [9.17, 15) is 14.9 Å². The second kappa shape index (κ2) is 6.06. The molecule has 3 nitrogen and oxygen atoms in total. The summed E-state index contributed by atoms with van der Waals surface area (Å²) >= 11 is 3.26. The molecule has 0 bridgehead atoms. The minimum absolute atomic E-state index is 0.110. The van der Waals surface area contributed by atoms with E-state index in [1.165, 1.54) is 6.07 Å². The van der Waals surface area contributed by atoms with Crippen LogP contribution < -0.4 is 4.90 Å². The Morgan fingerprint density at radius 1 is 1.15 bits per heavy atom. The van der Waals surface area contributed by atoms with E-state index in [1.807, 2.05) is 43.5 Å². The average molecular weight is 409 g/mol. The van der Waals surface area contributed by atoms with Crippen LogP contribution in [0.25, 0.3) is 6.08 Å². The first-order chi connectivity index (χ1) is 12.5. The van der Waals surface area contributed by atoms with E-state index < -0.39 is 5.41 Å². The molecule has 0 saturated carbocycles. The van der Waals surface area contributed by atoms with Crippen molar-refractivity contribution in [2.24, 2.45) is 11.3 Å². The highest BCUT2D eigenvalue weighted by atomic mass is 79.9. The summed E-state index contributed by atoms with van der Waals surface area (Å²) in [5.41, 5.74) is 1.83.